The highest BCUT2D eigenvalue weighted by molar-refractivity contribution is 6.33. The minimum absolute atomic E-state index is 0.0367. The molecule has 92 valence electrons. The maximum absolute atomic E-state index is 7.36. The monoisotopic (exact) mass is 253 g/mol. The van der Waals surface area contributed by atoms with Crippen molar-refractivity contribution >= 4 is 23.1 Å². The van der Waals surface area contributed by atoms with Crippen LogP contribution in [0.1, 0.15) is 12.0 Å². The molecule has 5 heteroatoms. The number of rotatable bonds is 3. The molecule has 1 unspecified atom stereocenters. The summed E-state index contributed by atoms with van der Waals surface area (Å²) >= 11 is 6.21. The molecule has 1 aliphatic heterocycles. The van der Waals surface area contributed by atoms with Crippen molar-refractivity contribution in [3.63, 3.8) is 0 Å². The fraction of sp³-hybridized carbons (Fsp3) is 0.417. The van der Waals surface area contributed by atoms with Crippen LogP contribution in [0, 0.1) is 5.41 Å². The van der Waals surface area contributed by atoms with E-state index < -0.39 is 0 Å². The number of hydrogen-bond acceptors (Lipinski definition) is 3. The summed E-state index contributed by atoms with van der Waals surface area (Å²) in [5.41, 5.74) is 7.06. The third-order valence-electron chi connectivity index (χ3n) is 3.08. The molecule has 3 N–H and O–H groups in total. The number of nitrogen functional groups attached to an aromatic ring is 1. The molecule has 1 aromatic rings. The fourth-order valence-electron chi connectivity index (χ4n) is 2.07. The number of anilines is 1. The lowest BCUT2D eigenvalue weighted by atomic mass is 10.2. The normalized spacial score (nSPS) is 19.6. The molecular formula is C12H16ClN3O. The molecule has 0 aromatic heterocycles. The smallest absolute Gasteiger partial charge is 0.122 e. The van der Waals surface area contributed by atoms with Gasteiger partial charge in [-0.3, -0.25) is 5.41 Å². The van der Waals surface area contributed by atoms with E-state index >= 15 is 0 Å². The van der Waals surface area contributed by atoms with Crippen LogP contribution in [0.15, 0.2) is 18.2 Å². The Labute approximate surface area is 106 Å². The van der Waals surface area contributed by atoms with E-state index in [0.717, 1.165) is 25.2 Å². The number of hydrogen-bond donors (Lipinski definition) is 2. The molecule has 1 fully saturated rings. The summed E-state index contributed by atoms with van der Waals surface area (Å²) in [6.45, 7) is 1.80. The Balaban J connectivity index is 2.20. The third-order valence-corrected chi connectivity index (χ3v) is 3.38. The minimum Gasteiger partial charge on any atom is -0.384 e. The van der Waals surface area contributed by atoms with Crippen molar-refractivity contribution in [3.8, 4) is 0 Å². The first-order valence-corrected chi connectivity index (χ1v) is 5.91. The first-order valence-electron chi connectivity index (χ1n) is 5.53. The number of nitrogens with one attached hydrogen (secondary N) is 1. The van der Waals surface area contributed by atoms with Gasteiger partial charge in [0.1, 0.15) is 5.84 Å². The van der Waals surface area contributed by atoms with E-state index in [4.69, 9.17) is 27.5 Å². The van der Waals surface area contributed by atoms with Crippen molar-refractivity contribution in [2.75, 3.05) is 25.1 Å². The molecule has 1 saturated heterocycles. The van der Waals surface area contributed by atoms with Gasteiger partial charge in [-0.05, 0) is 24.6 Å². The molecule has 0 spiro atoms. The zero-order valence-corrected chi connectivity index (χ0v) is 10.5. The standard InChI is InChI=1S/C12H16ClN3O/c1-17-9-4-5-16(7-9)11-3-2-8(12(14)15)6-10(11)13/h2-3,6,9H,4-5,7H2,1H3,(H3,14,15). The van der Waals surface area contributed by atoms with Crippen LogP contribution in [-0.4, -0.2) is 32.1 Å². The van der Waals surface area contributed by atoms with Crippen molar-refractivity contribution in [2.45, 2.75) is 12.5 Å². The van der Waals surface area contributed by atoms with Gasteiger partial charge in [0, 0.05) is 25.8 Å². The average Bonchev–Trinajstić information content (AvgIpc) is 2.77. The molecule has 0 saturated carbocycles. The zero-order chi connectivity index (χ0) is 12.4. The van der Waals surface area contributed by atoms with E-state index in [-0.39, 0.29) is 11.9 Å². The second-order valence-electron chi connectivity index (χ2n) is 4.17. The number of nitrogens with zero attached hydrogens (tertiary/aromatic N) is 1. The third kappa shape index (κ3) is 2.53. The molecular weight excluding hydrogens is 238 g/mol. The summed E-state index contributed by atoms with van der Waals surface area (Å²) in [5, 5.41) is 7.99. The van der Waals surface area contributed by atoms with E-state index in [1.54, 1.807) is 13.2 Å². The first kappa shape index (κ1) is 12.2. The van der Waals surface area contributed by atoms with Crippen LogP contribution in [0.4, 0.5) is 5.69 Å². The summed E-state index contributed by atoms with van der Waals surface area (Å²) in [6.07, 6.45) is 1.29. The number of ether oxygens (including phenoxy) is 1. The summed E-state index contributed by atoms with van der Waals surface area (Å²) in [6, 6.07) is 5.47. The Morgan fingerprint density at radius 2 is 2.35 bits per heavy atom. The molecule has 1 aliphatic rings. The Kier molecular flexibility index (Phi) is 3.54. The van der Waals surface area contributed by atoms with Crippen molar-refractivity contribution in [3.05, 3.63) is 28.8 Å². The van der Waals surface area contributed by atoms with Crippen LogP contribution in [0.2, 0.25) is 5.02 Å². The lowest BCUT2D eigenvalue weighted by molar-refractivity contribution is 0.121. The first-order chi connectivity index (χ1) is 8.11. The molecule has 0 aliphatic carbocycles. The topological polar surface area (TPSA) is 62.3 Å². The molecule has 4 nitrogen and oxygen atoms in total. The fourth-order valence-corrected chi connectivity index (χ4v) is 2.37. The minimum atomic E-state index is 0.0367. The van der Waals surface area contributed by atoms with Crippen LogP contribution in [0.25, 0.3) is 0 Å². The highest BCUT2D eigenvalue weighted by Crippen LogP contribution is 2.30. The highest BCUT2D eigenvalue weighted by atomic mass is 35.5. The summed E-state index contributed by atoms with van der Waals surface area (Å²) < 4.78 is 5.33. The molecule has 1 atom stereocenters. The molecule has 17 heavy (non-hydrogen) atoms. The predicted molar refractivity (Wildman–Crippen MR) is 70.1 cm³/mol. The Morgan fingerprint density at radius 3 is 2.88 bits per heavy atom. The van der Waals surface area contributed by atoms with Crippen LogP contribution in [0.3, 0.4) is 0 Å². The van der Waals surface area contributed by atoms with Crippen molar-refractivity contribution in [1.29, 1.82) is 5.41 Å². The van der Waals surface area contributed by atoms with Crippen molar-refractivity contribution in [2.24, 2.45) is 5.73 Å². The average molecular weight is 254 g/mol. The molecule has 1 aromatic carbocycles. The van der Waals surface area contributed by atoms with E-state index in [1.165, 1.54) is 0 Å². The second-order valence-corrected chi connectivity index (χ2v) is 4.58. The molecule has 0 amide bonds. The van der Waals surface area contributed by atoms with E-state index in [0.29, 0.717) is 10.6 Å². The SMILES string of the molecule is COC1CCN(c2ccc(C(=N)N)cc2Cl)C1. The Hall–Kier alpha value is -1.26. The van der Waals surface area contributed by atoms with Crippen LogP contribution < -0.4 is 10.6 Å². The maximum Gasteiger partial charge on any atom is 0.122 e. The van der Waals surface area contributed by atoms with Crippen molar-refractivity contribution < 1.29 is 4.74 Å². The summed E-state index contributed by atoms with van der Waals surface area (Å²) in [4.78, 5) is 2.19. The molecule has 0 radical (unpaired) electrons. The van der Waals surface area contributed by atoms with Crippen LogP contribution in [0.5, 0.6) is 0 Å². The molecule has 1 heterocycles. The second kappa shape index (κ2) is 4.94. The lowest BCUT2D eigenvalue weighted by Gasteiger charge is -2.20. The zero-order valence-electron chi connectivity index (χ0n) is 9.74. The van der Waals surface area contributed by atoms with Gasteiger partial charge in [0.25, 0.3) is 0 Å². The number of methoxy groups -OCH3 is 1. The van der Waals surface area contributed by atoms with E-state index in [2.05, 4.69) is 4.90 Å². The Bertz CT molecular complexity index is 436. The van der Waals surface area contributed by atoms with Gasteiger partial charge in [-0.2, -0.15) is 0 Å². The van der Waals surface area contributed by atoms with Gasteiger partial charge in [0.05, 0.1) is 16.8 Å². The number of benzene rings is 1. The van der Waals surface area contributed by atoms with Crippen molar-refractivity contribution in [1.82, 2.24) is 0 Å². The van der Waals surface area contributed by atoms with Gasteiger partial charge < -0.3 is 15.4 Å². The lowest BCUT2D eigenvalue weighted by Crippen LogP contribution is -2.22. The van der Waals surface area contributed by atoms with E-state index in [1.807, 2.05) is 12.1 Å². The van der Waals surface area contributed by atoms with Gasteiger partial charge in [-0.25, -0.2) is 0 Å². The quantitative estimate of drug-likeness (QED) is 0.638. The number of nitrogens with two attached hydrogens (primary N) is 1. The van der Waals surface area contributed by atoms with Crippen LogP contribution in [-0.2, 0) is 4.74 Å². The molecule has 0 bridgehead atoms. The van der Waals surface area contributed by atoms with Crippen LogP contribution >= 0.6 is 11.6 Å². The van der Waals surface area contributed by atoms with Gasteiger partial charge in [-0.15, -0.1) is 0 Å². The Morgan fingerprint density at radius 1 is 1.59 bits per heavy atom. The summed E-state index contributed by atoms with van der Waals surface area (Å²) in [7, 11) is 1.73. The highest BCUT2D eigenvalue weighted by Gasteiger charge is 2.23. The van der Waals surface area contributed by atoms with Gasteiger partial charge in [0.15, 0.2) is 0 Å². The van der Waals surface area contributed by atoms with E-state index in [9.17, 15) is 0 Å². The summed E-state index contributed by atoms with van der Waals surface area (Å²) in [5.74, 6) is 0.0367. The predicted octanol–water partition coefficient (Wildman–Crippen LogP) is 1.85. The number of amidine groups is 1. The molecule has 2 rings (SSSR count). The largest absolute Gasteiger partial charge is 0.384 e. The van der Waals surface area contributed by atoms with Gasteiger partial charge in [0.2, 0.25) is 0 Å². The van der Waals surface area contributed by atoms with Gasteiger partial charge in [-0.1, -0.05) is 11.6 Å². The number of halogens is 1. The van der Waals surface area contributed by atoms with Gasteiger partial charge >= 0.3 is 0 Å². The maximum atomic E-state index is 7.36.